The number of ketones is 2. The molecule has 2 atom stereocenters. The topological polar surface area (TPSA) is 78.6 Å². The van der Waals surface area contributed by atoms with Gasteiger partial charge in [0.25, 0.3) is 0 Å². The Morgan fingerprint density at radius 1 is 1.37 bits per heavy atom. The number of benzene rings is 1. The molecule has 1 aromatic rings. The van der Waals surface area contributed by atoms with Crippen LogP contribution in [0, 0.1) is 12.8 Å². The molecule has 5 heteroatoms. The molecule has 1 saturated carbocycles. The fourth-order valence-corrected chi connectivity index (χ4v) is 2.53. The van der Waals surface area contributed by atoms with Crippen LogP contribution < -0.4 is 10.7 Å². The van der Waals surface area contributed by atoms with Gasteiger partial charge in [-0.3, -0.25) is 9.59 Å². The second kappa shape index (κ2) is 5.50. The molecule has 0 amide bonds. The summed E-state index contributed by atoms with van der Waals surface area (Å²) in [6, 6.07) is 5.15. The van der Waals surface area contributed by atoms with E-state index in [0.717, 1.165) is 5.56 Å². The second-order valence-corrected chi connectivity index (χ2v) is 4.79. The van der Waals surface area contributed by atoms with Gasteiger partial charge in [-0.05, 0) is 30.2 Å². The monoisotopic (exact) mass is 263 g/mol. The van der Waals surface area contributed by atoms with Gasteiger partial charge >= 0.3 is 0 Å². The van der Waals surface area contributed by atoms with Crippen molar-refractivity contribution in [1.82, 2.24) is 0 Å². The van der Waals surface area contributed by atoms with Crippen molar-refractivity contribution >= 4 is 11.6 Å². The van der Waals surface area contributed by atoms with Crippen molar-refractivity contribution in [3.05, 3.63) is 29.3 Å². The summed E-state index contributed by atoms with van der Waals surface area (Å²) in [5, 5.41) is 0. The zero-order valence-electron chi connectivity index (χ0n) is 11.0. The van der Waals surface area contributed by atoms with E-state index in [0.29, 0.717) is 11.3 Å². The van der Waals surface area contributed by atoms with Crippen LogP contribution >= 0.6 is 0 Å². The molecule has 5 nitrogen and oxygen atoms in total. The van der Waals surface area contributed by atoms with Gasteiger partial charge in [0.2, 0.25) is 0 Å². The lowest BCUT2D eigenvalue weighted by molar-refractivity contribution is -0.125. The second-order valence-electron chi connectivity index (χ2n) is 4.79. The minimum atomic E-state index is -0.713. The Hall–Kier alpha value is -1.72. The van der Waals surface area contributed by atoms with E-state index in [2.05, 4.69) is 4.84 Å². The summed E-state index contributed by atoms with van der Waals surface area (Å²) in [5.41, 5.74) is 1.56. The number of methoxy groups -OCH3 is 1. The molecular weight excluding hydrogens is 246 g/mol. The molecule has 1 fully saturated rings. The van der Waals surface area contributed by atoms with Crippen LogP contribution in [0.15, 0.2) is 18.2 Å². The van der Waals surface area contributed by atoms with Crippen LogP contribution in [0.2, 0.25) is 0 Å². The maximum atomic E-state index is 12.3. The maximum Gasteiger partial charge on any atom is 0.153 e. The first kappa shape index (κ1) is 13.7. The zero-order valence-corrected chi connectivity index (χ0v) is 11.0. The Morgan fingerprint density at radius 3 is 2.74 bits per heavy atom. The maximum absolute atomic E-state index is 12.3. The molecule has 0 radical (unpaired) electrons. The number of carbonyl (C=O) groups excluding carboxylic acids is 2. The standard InChI is InChI=1S/C14H17NO4/c1-8-3-4-10(19-15)6-11(8)13-12(16)5-9(7-18-2)14(13)17/h3-4,6,9,13H,5,7,15H2,1-2H3. The summed E-state index contributed by atoms with van der Waals surface area (Å²) in [4.78, 5) is 29.0. The first-order valence-electron chi connectivity index (χ1n) is 6.11. The third kappa shape index (κ3) is 2.52. The Balaban J connectivity index is 2.36. The summed E-state index contributed by atoms with van der Waals surface area (Å²) >= 11 is 0. The highest BCUT2D eigenvalue weighted by atomic mass is 16.6. The van der Waals surface area contributed by atoms with E-state index in [1.165, 1.54) is 7.11 Å². The average molecular weight is 263 g/mol. The van der Waals surface area contributed by atoms with Gasteiger partial charge in [-0.25, -0.2) is 0 Å². The molecule has 1 aliphatic carbocycles. The number of ether oxygens (including phenoxy) is 1. The minimum Gasteiger partial charge on any atom is -0.412 e. The largest absolute Gasteiger partial charge is 0.412 e. The SMILES string of the molecule is COCC1CC(=O)C(c2cc(ON)ccc2C)C1=O. The molecule has 1 aliphatic rings. The Bertz CT molecular complexity index is 512. The predicted molar refractivity (Wildman–Crippen MR) is 68.7 cm³/mol. The van der Waals surface area contributed by atoms with Gasteiger partial charge in [0.15, 0.2) is 5.78 Å². The Labute approximate surface area is 111 Å². The van der Waals surface area contributed by atoms with Crippen LogP contribution in [0.1, 0.15) is 23.5 Å². The number of rotatable bonds is 4. The molecule has 2 N–H and O–H groups in total. The van der Waals surface area contributed by atoms with Crippen molar-refractivity contribution in [3.8, 4) is 5.75 Å². The van der Waals surface area contributed by atoms with Gasteiger partial charge < -0.3 is 9.57 Å². The van der Waals surface area contributed by atoms with E-state index >= 15 is 0 Å². The summed E-state index contributed by atoms with van der Waals surface area (Å²) in [6.07, 6.45) is 0.241. The van der Waals surface area contributed by atoms with Crippen LogP contribution in [0.25, 0.3) is 0 Å². The first-order chi connectivity index (χ1) is 9.08. The number of carbonyl (C=O) groups is 2. The third-order valence-corrected chi connectivity index (χ3v) is 3.52. The smallest absolute Gasteiger partial charge is 0.153 e. The van der Waals surface area contributed by atoms with Gasteiger partial charge in [-0.1, -0.05) is 6.07 Å². The molecular formula is C14H17NO4. The van der Waals surface area contributed by atoms with Crippen molar-refractivity contribution in [2.75, 3.05) is 13.7 Å². The highest BCUT2D eigenvalue weighted by molar-refractivity contribution is 6.14. The van der Waals surface area contributed by atoms with E-state index in [-0.39, 0.29) is 30.5 Å². The molecule has 2 rings (SSSR count). The molecule has 0 aliphatic heterocycles. The van der Waals surface area contributed by atoms with Crippen molar-refractivity contribution in [2.45, 2.75) is 19.3 Å². The molecule has 0 saturated heterocycles. The van der Waals surface area contributed by atoms with Crippen molar-refractivity contribution < 1.29 is 19.2 Å². The van der Waals surface area contributed by atoms with Crippen molar-refractivity contribution in [2.24, 2.45) is 11.8 Å². The van der Waals surface area contributed by atoms with Gasteiger partial charge in [-0.15, -0.1) is 0 Å². The predicted octanol–water partition coefficient (Wildman–Crippen LogP) is 1.14. The fourth-order valence-electron chi connectivity index (χ4n) is 2.53. The van der Waals surface area contributed by atoms with Gasteiger partial charge in [0, 0.05) is 19.4 Å². The minimum absolute atomic E-state index is 0.0654. The Kier molecular flexibility index (Phi) is 3.97. The molecule has 1 aromatic carbocycles. The van der Waals surface area contributed by atoms with Gasteiger partial charge in [-0.2, -0.15) is 5.90 Å². The first-order valence-corrected chi connectivity index (χ1v) is 6.11. The third-order valence-electron chi connectivity index (χ3n) is 3.52. The van der Waals surface area contributed by atoms with Crippen LogP contribution in [0.5, 0.6) is 5.75 Å². The van der Waals surface area contributed by atoms with Gasteiger partial charge in [0.05, 0.1) is 6.61 Å². The van der Waals surface area contributed by atoms with Crippen molar-refractivity contribution in [1.29, 1.82) is 0 Å². The Morgan fingerprint density at radius 2 is 2.11 bits per heavy atom. The molecule has 102 valence electrons. The molecule has 2 unspecified atom stereocenters. The van der Waals surface area contributed by atoms with E-state index in [1.807, 2.05) is 6.92 Å². The lowest BCUT2D eigenvalue weighted by Gasteiger charge is -2.13. The van der Waals surface area contributed by atoms with E-state index in [4.69, 9.17) is 10.6 Å². The number of nitrogens with two attached hydrogens (primary N) is 1. The molecule has 0 spiro atoms. The number of aryl methyl sites for hydroxylation is 1. The lowest BCUT2D eigenvalue weighted by atomic mass is 9.91. The summed E-state index contributed by atoms with van der Waals surface area (Å²) in [5.74, 6) is 4.36. The van der Waals surface area contributed by atoms with Crippen LogP contribution in [-0.2, 0) is 14.3 Å². The molecule has 0 bridgehead atoms. The fraction of sp³-hybridized carbons (Fsp3) is 0.429. The van der Waals surface area contributed by atoms with E-state index in [1.54, 1.807) is 18.2 Å². The van der Waals surface area contributed by atoms with Gasteiger partial charge in [0.1, 0.15) is 17.5 Å². The number of hydrogen-bond donors (Lipinski definition) is 1. The van der Waals surface area contributed by atoms with E-state index in [9.17, 15) is 9.59 Å². The molecule has 0 aromatic heterocycles. The summed E-state index contributed by atoms with van der Waals surface area (Å²) < 4.78 is 4.99. The molecule has 19 heavy (non-hydrogen) atoms. The zero-order chi connectivity index (χ0) is 14.0. The highest BCUT2D eigenvalue weighted by Gasteiger charge is 2.42. The lowest BCUT2D eigenvalue weighted by Crippen LogP contribution is -2.19. The summed E-state index contributed by atoms with van der Waals surface area (Å²) in [7, 11) is 1.53. The average Bonchev–Trinajstić information content (AvgIpc) is 2.66. The van der Waals surface area contributed by atoms with Crippen LogP contribution in [0.4, 0.5) is 0 Å². The van der Waals surface area contributed by atoms with Crippen molar-refractivity contribution in [3.63, 3.8) is 0 Å². The molecule has 0 heterocycles. The van der Waals surface area contributed by atoms with E-state index < -0.39 is 5.92 Å². The normalized spacial score (nSPS) is 22.9. The highest BCUT2D eigenvalue weighted by Crippen LogP contribution is 2.35. The van der Waals surface area contributed by atoms with Crippen LogP contribution in [-0.4, -0.2) is 25.3 Å². The van der Waals surface area contributed by atoms with Crippen LogP contribution in [0.3, 0.4) is 0 Å². The number of Topliss-reactive ketones (excluding diaryl/α,β-unsaturated/α-hetero) is 2. The summed E-state index contributed by atoms with van der Waals surface area (Å²) in [6.45, 7) is 2.15. The quantitative estimate of drug-likeness (QED) is 0.651. The number of hydrogen-bond acceptors (Lipinski definition) is 5.